The summed E-state index contributed by atoms with van der Waals surface area (Å²) >= 11 is 0. The van der Waals surface area contributed by atoms with Crippen molar-refractivity contribution < 1.29 is 32.2 Å². The van der Waals surface area contributed by atoms with Gasteiger partial charge in [-0.25, -0.2) is 12.4 Å². The van der Waals surface area contributed by atoms with Gasteiger partial charge >= 0.3 is 11.9 Å². The molecule has 0 saturated heterocycles. The molecule has 1 aliphatic carbocycles. The Morgan fingerprint density at radius 2 is 1.59 bits per heavy atom. The third-order valence-electron chi connectivity index (χ3n) is 8.13. The van der Waals surface area contributed by atoms with Crippen LogP contribution in [0.15, 0.2) is 53.4 Å². The lowest BCUT2D eigenvalue weighted by Gasteiger charge is -2.37. The summed E-state index contributed by atoms with van der Waals surface area (Å²) in [6.07, 6.45) is 5.69. The van der Waals surface area contributed by atoms with E-state index >= 15 is 0 Å². The number of carbonyl (C=O) groups excluding carboxylic acids is 2. The van der Waals surface area contributed by atoms with Crippen LogP contribution in [-0.2, 0) is 40.2 Å². The monoisotopic (exact) mass is 583 g/mol. The van der Waals surface area contributed by atoms with Gasteiger partial charge in [-0.2, -0.15) is 0 Å². The first kappa shape index (κ1) is 30.8. The predicted octanol–water partition coefficient (Wildman–Crippen LogP) is 5.93. The van der Waals surface area contributed by atoms with Crippen LogP contribution in [0.25, 0.3) is 10.9 Å². The lowest BCUT2D eigenvalue weighted by molar-refractivity contribution is -0.170. The molecule has 222 valence electrons. The van der Waals surface area contributed by atoms with E-state index in [9.17, 15) is 18.0 Å². The Morgan fingerprint density at radius 1 is 0.927 bits per heavy atom. The van der Waals surface area contributed by atoms with Gasteiger partial charge in [-0.15, -0.1) is 0 Å². The molecule has 0 fully saturated rings. The van der Waals surface area contributed by atoms with E-state index in [0.29, 0.717) is 48.2 Å². The molecular weight excluding hydrogens is 542 g/mol. The van der Waals surface area contributed by atoms with E-state index in [-0.39, 0.29) is 17.7 Å². The highest BCUT2D eigenvalue weighted by molar-refractivity contribution is 7.90. The van der Waals surface area contributed by atoms with Crippen LogP contribution < -0.4 is 0 Å². The molecule has 0 aliphatic heterocycles. The van der Waals surface area contributed by atoms with Crippen molar-refractivity contribution in [3.05, 3.63) is 65.4 Å². The number of carbonyl (C=O) groups is 2. The van der Waals surface area contributed by atoms with Gasteiger partial charge in [0, 0.05) is 36.6 Å². The quantitative estimate of drug-likeness (QED) is 0.140. The summed E-state index contributed by atoms with van der Waals surface area (Å²) in [6.45, 7) is 5.25. The standard InChI is InChI=1S/C32H41NO7S/c1-5-6-7-10-19-40-20-11-12-24-21-32(30(34)38-3,31(35)39-4)22-27-26-13-8-9-14-28(26)33(29(24)27)41(36,37)25-17-15-23(2)16-18-25/h8-9,13-18,24H,5-7,10-12,19-22H2,1-4H3. The minimum absolute atomic E-state index is 0.0109. The van der Waals surface area contributed by atoms with E-state index in [2.05, 4.69) is 6.92 Å². The maximum absolute atomic E-state index is 14.2. The van der Waals surface area contributed by atoms with Crippen LogP contribution in [-0.4, -0.2) is 51.8 Å². The van der Waals surface area contributed by atoms with Crippen molar-refractivity contribution in [1.29, 1.82) is 0 Å². The van der Waals surface area contributed by atoms with Crippen molar-refractivity contribution >= 4 is 32.9 Å². The Labute approximate surface area is 243 Å². The fraction of sp³-hybridized carbons (Fsp3) is 0.500. The Balaban J connectivity index is 1.81. The highest BCUT2D eigenvalue weighted by atomic mass is 32.2. The number of hydrogen-bond donors (Lipinski definition) is 0. The summed E-state index contributed by atoms with van der Waals surface area (Å²) in [6, 6.07) is 14.0. The summed E-state index contributed by atoms with van der Waals surface area (Å²) in [5.41, 5.74) is 1.16. The number of aromatic nitrogens is 1. The average molecular weight is 584 g/mol. The Morgan fingerprint density at radius 3 is 2.24 bits per heavy atom. The molecule has 0 saturated carbocycles. The lowest BCUT2D eigenvalue weighted by atomic mass is 9.67. The zero-order valence-corrected chi connectivity index (χ0v) is 25.3. The number of benzene rings is 2. The SMILES string of the molecule is CCCCCCOCCCC1CC(C(=O)OC)(C(=O)OC)Cc2c1n(S(=O)(=O)c1ccc(C)cc1)c1ccccc21. The maximum Gasteiger partial charge on any atom is 0.323 e. The Kier molecular flexibility index (Phi) is 9.92. The first-order chi connectivity index (χ1) is 19.7. The van der Waals surface area contributed by atoms with Gasteiger partial charge in [0.15, 0.2) is 5.41 Å². The number of fused-ring (bicyclic) bond motifs is 3. The van der Waals surface area contributed by atoms with Crippen LogP contribution in [0.3, 0.4) is 0 Å². The van der Waals surface area contributed by atoms with Gasteiger partial charge in [0.25, 0.3) is 10.0 Å². The zero-order chi connectivity index (χ0) is 29.6. The number of nitrogens with zero attached hydrogens (tertiary/aromatic N) is 1. The van der Waals surface area contributed by atoms with E-state index in [1.807, 2.05) is 19.1 Å². The molecule has 41 heavy (non-hydrogen) atoms. The molecular formula is C32H41NO7S. The molecule has 1 atom stereocenters. The number of ether oxygens (including phenoxy) is 3. The number of para-hydroxylation sites is 1. The molecule has 0 radical (unpaired) electrons. The molecule has 1 unspecified atom stereocenters. The Hall–Kier alpha value is -3.17. The molecule has 4 rings (SSSR count). The first-order valence-corrected chi connectivity index (χ1v) is 15.8. The summed E-state index contributed by atoms with van der Waals surface area (Å²) in [4.78, 5) is 26.7. The van der Waals surface area contributed by atoms with Gasteiger partial charge in [-0.05, 0) is 56.4 Å². The fourth-order valence-corrected chi connectivity index (χ4v) is 7.68. The van der Waals surface area contributed by atoms with Crippen molar-refractivity contribution in [2.45, 2.75) is 76.0 Å². The number of rotatable bonds is 13. The second kappa shape index (κ2) is 13.2. The third-order valence-corrected chi connectivity index (χ3v) is 9.87. The van der Waals surface area contributed by atoms with Crippen LogP contribution in [0.5, 0.6) is 0 Å². The van der Waals surface area contributed by atoms with Gasteiger partial charge < -0.3 is 14.2 Å². The van der Waals surface area contributed by atoms with Gasteiger partial charge in [0.2, 0.25) is 0 Å². The van der Waals surface area contributed by atoms with E-state index in [4.69, 9.17) is 14.2 Å². The number of aryl methyl sites for hydroxylation is 1. The molecule has 8 nitrogen and oxygen atoms in total. The summed E-state index contributed by atoms with van der Waals surface area (Å²) in [7, 11) is -1.48. The van der Waals surface area contributed by atoms with Crippen molar-refractivity contribution in [3.8, 4) is 0 Å². The van der Waals surface area contributed by atoms with E-state index < -0.39 is 33.3 Å². The van der Waals surface area contributed by atoms with Crippen molar-refractivity contribution in [3.63, 3.8) is 0 Å². The number of esters is 2. The molecule has 0 spiro atoms. The lowest BCUT2D eigenvalue weighted by Crippen LogP contribution is -2.47. The smallest absolute Gasteiger partial charge is 0.323 e. The zero-order valence-electron chi connectivity index (χ0n) is 24.5. The molecule has 1 aromatic heterocycles. The second-order valence-corrected chi connectivity index (χ2v) is 12.7. The fourth-order valence-electron chi connectivity index (χ4n) is 6.05. The molecule has 2 aromatic carbocycles. The largest absolute Gasteiger partial charge is 0.468 e. The molecule has 1 heterocycles. The summed E-state index contributed by atoms with van der Waals surface area (Å²) < 4.78 is 46.1. The van der Waals surface area contributed by atoms with E-state index in [1.54, 1.807) is 36.4 Å². The maximum atomic E-state index is 14.2. The van der Waals surface area contributed by atoms with E-state index in [0.717, 1.165) is 24.8 Å². The van der Waals surface area contributed by atoms with E-state index in [1.165, 1.54) is 24.6 Å². The van der Waals surface area contributed by atoms with Gasteiger partial charge in [0.1, 0.15) is 0 Å². The highest BCUT2D eigenvalue weighted by Crippen LogP contribution is 2.50. The number of unbranched alkanes of at least 4 members (excludes halogenated alkanes) is 3. The summed E-state index contributed by atoms with van der Waals surface area (Å²) in [5.74, 6) is -1.79. The summed E-state index contributed by atoms with van der Waals surface area (Å²) in [5, 5.41) is 0.687. The van der Waals surface area contributed by atoms with Gasteiger partial charge in [0.05, 0.1) is 24.6 Å². The number of methoxy groups -OCH3 is 2. The second-order valence-electron chi connectivity index (χ2n) is 10.9. The van der Waals surface area contributed by atoms with Crippen LogP contribution in [0.2, 0.25) is 0 Å². The van der Waals surface area contributed by atoms with Gasteiger partial charge in [-0.3, -0.25) is 9.59 Å². The van der Waals surface area contributed by atoms with Crippen molar-refractivity contribution in [2.24, 2.45) is 5.41 Å². The van der Waals surface area contributed by atoms with Crippen molar-refractivity contribution in [1.82, 2.24) is 3.97 Å². The predicted molar refractivity (Wildman–Crippen MR) is 157 cm³/mol. The van der Waals surface area contributed by atoms with Crippen molar-refractivity contribution in [2.75, 3.05) is 27.4 Å². The number of hydrogen-bond acceptors (Lipinski definition) is 7. The van der Waals surface area contributed by atoms with Crippen LogP contribution >= 0.6 is 0 Å². The average Bonchev–Trinajstić information content (AvgIpc) is 3.32. The topological polar surface area (TPSA) is 101 Å². The minimum Gasteiger partial charge on any atom is -0.468 e. The molecule has 0 bridgehead atoms. The van der Waals surface area contributed by atoms with Crippen LogP contribution in [0.4, 0.5) is 0 Å². The highest BCUT2D eigenvalue weighted by Gasteiger charge is 2.54. The molecule has 0 amide bonds. The molecule has 1 aliphatic rings. The molecule has 9 heteroatoms. The first-order valence-electron chi connectivity index (χ1n) is 14.4. The Bertz CT molecular complexity index is 1460. The van der Waals surface area contributed by atoms with Gasteiger partial charge in [-0.1, -0.05) is 62.1 Å². The van der Waals surface area contributed by atoms with Crippen LogP contribution in [0.1, 0.15) is 74.6 Å². The minimum atomic E-state index is -4.00. The molecule has 3 aromatic rings. The normalized spacial score (nSPS) is 16.3. The molecule has 0 N–H and O–H groups in total. The van der Waals surface area contributed by atoms with Crippen LogP contribution in [0, 0.1) is 12.3 Å². The third kappa shape index (κ3) is 6.06.